The van der Waals surface area contributed by atoms with E-state index in [0.717, 1.165) is 12.8 Å². The summed E-state index contributed by atoms with van der Waals surface area (Å²) < 4.78 is 5.53. The van der Waals surface area contributed by atoms with E-state index in [-0.39, 0.29) is 6.61 Å². The first kappa shape index (κ1) is 11.9. The molecule has 0 aliphatic heterocycles. The molecule has 0 saturated carbocycles. The molecule has 0 rings (SSSR count). The third-order valence-corrected chi connectivity index (χ3v) is 1.98. The fourth-order valence-electron chi connectivity index (χ4n) is 1.15. The highest BCUT2D eigenvalue weighted by molar-refractivity contribution is 4.54. The fourth-order valence-corrected chi connectivity index (χ4v) is 1.15. The number of hydrogen-bond donors (Lipinski definition) is 0. The van der Waals surface area contributed by atoms with E-state index in [1.54, 1.807) is 0 Å². The van der Waals surface area contributed by atoms with Crippen LogP contribution in [0.5, 0.6) is 0 Å². The zero-order chi connectivity index (χ0) is 9.23. The van der Waals surface area contributed by atoms with Gasteiger partial charge in [-0.3, -0.25) is 0 Å². The molecule has 2 nitrogen and oxygen atoms in total. The van der Waals surface area contributed by atoms with Crippen molar-refractivity contribution in [3.63, 3.8) is 0 Å². The summed E-state index contributed by atoms with van der Waals surface area (Å²) in [5.41, 5.74) is 0. The highest BCUT2D eigenvalue weighted by atomic mass is 16.5. The van der Waals surface area contributed by atoms with Gasteiger partial charge in [-0.15, -0.1) is 0 Å². The number of rotatable bonds is 8. The molecule has 0 spiro atoms. The molecule has 73 valence electrons. The zero-order valence-corrected chi connectivity index (χ0v) is 8.34. The Morgan fingerprint density at radius 3 is 2.50 bits per heavy atom. The minimum Gasteiger partial charge on any atom is -0.378 e. The molecule has 0 aliphatic carbocycles. The maximum Gasteiger partial charge on any atom is 0.0844 e. The Hall–Kier alpha value is -0.0800. The SMILES string of the molecule is CCCCC(CC)OCCC[O]. The van der Waals surface area contributed by atoms with Gasteiger partial charge < -0.3 is 4.74 Å². The highest BCUT2D eigenvalue weighted by Crippen LogP contribution is 2.08. The van der Waals surface area contributed by atoms with Crippen molar-refractivity contribution in [1.29, 1.82) is 0 Å². The van der Waals surface area contributed by atoms with Crippen molar-refractivity contribution < 1.29 is 9.84 Å². The van der Waals surface area contributed by atoms with Crippen molar-refractivity contribution in [3.8, 4) is 0 Å². The van der Waals surface area contributed by atoms with Gasteiger partial charge >= 0.3 is 0 Å². The zero-order valence-electron chi connectivity index (χ0n) is 8.34. The summed E-state index contributed by atoms with van der Waals surface area (Å²) in [6.07, 6.45) is 5.71. The number of ether oxygens (including phenoxy) is 1. The van der Waals surface area contributed by atoms with Crippen LogP contribution in [0.25, 0.3) is 0 Å². The second kappa shape index (κ2) is 9.01. The van der Waals surface area contributed by atoms with Crippen LogP contribution in [0.2, 0.25) is 0 Å². The van der Waals surface area contributed by atoms with E-state index in [9.17, 15) is 5.11 Å². The maximum absolute atomic E-state index is 10.1. The molecule has 0 aromatic rings. The molecule has 0 bridgehead atoms. The Morgan fingerprint density at radius 1 is 1.25 bits per heavy atom. The lowest BCUT2D eigenvalue weighted by Gasteiger charge is -2.14. The lowest BCUT2D eigenvalue weighted by molar-refractivity contribution is 0.0295. The van der Waals surface area contributed by atoms with Crippen LogP contribution in [0.1, 0.15) is 46.0 Å². The van der Waals surface area contributed by atoms with Crippen LogP contribution in [0.3, 0.4) is 0 Å². The van der Waals surface area contributed by atoms with Gasteiger partial charge in [-0.2, -0.15) is 0 Å². The smallest absolute Gasteiger partial charge is 0.0844 e. The van der Waals surface area contributed by atoms with E-state index in [4.69, 9.17) is 4.74 Å². The first-order chi connectivity index (χ1) is 5.85. The molecule has 2 heteroatoms. The number of unbranched alkanes of at least 4 members (excludes halogenated alkanes) is 1. The molecule has 0 amide bonds. The largest absolute Gasteiger partial charge is 0.378 e. The van der Waals surface area contributed by atoms with E-state index >= 15 is 0 Å². The average Bonchev–Trinajstić information content (AvgIpc) is 2.11. The van der Waals surface area contributed by atoms with E-state index in [0.29, 0.717) is 19.1 Å². The summed E-state index contributed by atoms with van der Waals surface area (Å²) in [4.78, 5) is 0. The van der Waals surface area contributed by atoms with Gasteiger partial charge in [-0.1, -0.05) is 26.7 Å². The molecule has 0 aliphatic rings. The molecule has 1 radical (unpaired) electrons. The summed E-state index contributed by atoms with van der Waals surface area (Å²) in [6, 6.07) is 0. The third kappa shape index (κ3) is 6.62. The molecular formula is C10H21O2. The van der Waals surface area contributed by atoms with Crippen molar-refractivity contribution in [2.45, 2.75) is 52.1 Å². The van der Waals surface area contributed by atoms with Crippen molar-refractivity contribution >= 4 is 0 Å². The summed E-state index contributed by atoms with van der Waals surface area (Å²) in [7, 11) is 0. The molecule has 0 aromatic carbocycles. The summed E-state index contributed by atoms with van der Waals surface area (Å²) in [5, 5.41) is 10.1. The van der Waals surface area contributed by atoms with Gasteiger partial charge in [0.15, 0.2) is 0 Å². The molecule has 0 N–H and O–H groups in total. The predicted molar refractivity (Wildman–Crippen MR) is 49.7 cm³/mol. The van der Waals surface area contributed by atoms with Crippen molar-refractivity contribution in [1.82, 2.24) is 0 Å². The van der Waals surface area contributed by atoms with Crippen LogP contribution in [0, 0.1) is 0 Å². The van der Waals surface area contributed by atoms with Gasteiger partial charge in [0.1, 0.15) is 0 Å². The fraction of sp³-hybridized carbons (Fsp3) is 1.00. The van der Waals surface area contributed by atoms with Gasteiger partial charge in [0.05, 0.1) is 12.7 Å². The minimum atomic E-state index is -0.00971. The van der Waals surface area contributed by atoms with Crippen LogP contribution >= 0.6 is 0 Å². The normalized spacial score (nSPS) is 13.2. The van der Waals surface area contributed by atoms with Gasteiger partial charge in [0.2, 0.25) is 0 Å². The standard InChI is InChI=1S/C10H21O2/c1-3-5-7-10(4-2)12-9-6-8-11/h10H,3-9H2,1-2H3. The summed E-state index contributed by atoms with van der Waals surface area (Å²) in [5.74, 6) is 0. The van der Waals surface area contributed by atoms with Crippen LogP contribution in [0.15, 0.2) is 0 Å². The quantitative estimate of drug-likeness (QED) is 0.519. The Labute approximate surface area is 75.9 Å². The molecule has 0 saturated heterocycles. The lowest BCUT2D eigenvalue weighted by Crippen LogP contribution is -2.12. The highest BCUT2D eigenvalue weighted by Gasteiger charge is 2.04. The first-order valence-corrected chi connectivity index (χ1v) is 5.04. The summed E-state index contributed by atoms with van der Waals surface area (Å²) >= 11 is 0. The Bertz CT molecular complexity index is 83.9. The second-order valence-electron chi connectivity index (χ2n) is 3.10. The summed E-state index contributed by atoms with van der Waals surface area (Å²) in [6.45, 7) is 4.96. The molecule has 12 heavy (non-hydrogen) atoms. The first-order valence-electron chi connectivity index (χ1n) is 5.04. The van der Waals surface area contributed by atoms with E-state index < -0.39 is 0 Å². The van der Waals surface area contributed by atoms with Gasteiger partial charge in [-0.05, 0) is 19.3 Å². The molecule has 1 atom stereocenters. The Morgan fingerprint density at radius 2 is 2.00 bits per heavy atom. The minimum absolute atomic E-state index is 0.00971. The van der Waals surface area contributed by atoms with Gasteiger partial charge in [-0.25, -0.2) is 5.11 Å². The monoisotopic (exact) mass is 173 g/mol. The van der Waals surface area contributed by atoms with Gasteiger partial charge in [0.25, 0.3) is 0 Å². The van der Waals surface area contributed by atoms with Crippen molar-refractivity contribution in [2.24, 2.45) is 0 Å². The van der Waals surface area contributed by atoms with E-state index in [1.165, 1.54) is 12.8 Å². The van der Waals surface area contributed by atoms with Crippen LogP contribution < -0.4 is 0 Å². The third-order valence-electron chi connectivity index (χ3n) is 1.98. The van der Waals surface area contributed by atoms with E-state index in [1.807, 2.05) is 0 Å². The molecular weight excluding hydrogens is 152 g/mol. The second-order valence-corrected chi connectivity index (χ2v) is 3.10. The van der Waals surface area contributed by atoms with Crippen LogP contribution in [-0.2, 0) is 9.84 Å². The lowest BCUT2D eigenvalue weighted by atomic mass is 10.1. The predicted octanol–water partition coefficient (Wildman–Crippen LogP) is 2.79. The molecule has 0 heterocycles. The van der Waals surface area contributed by atoms with Gasteiger partial charge in [0, 0.05) is 6.61 Å². The molecule has 0 aromatic heterocycles. The molecule has 0 fully saturated rings. The van der Waals surface area contributed by atoms with Crippen LogP contribution in [-0.4, -0.2) is 19.3 Å². The Balaban J connectivity index is 3.26. The van der Waals surface area contributed by atoms with Crippen molar-refractivity contribution in [3.05, 3.63) is 0 Å². The topological polar surface area (TPSA) is 29.1 Å². The molecule has 1 unspecified atom stereocenters. The average molecular weight is 173 g/mol. The van der Waals surface area contributed by atoms with E-state index in [2.05, 4.69) is 13.8 Å². The maximum atomic E-state index is 10.1. The number of hydrogen-bond acceptors (Lipinski definition) is 1. The van der Waals surface area contributed by atoms with Crippen molar-refractivity contribution in [2.75, 3.05) is 13.2 Å². The van der Waals surface area contributed by atoms with Crippen LogP contribution in [0.4, 0.5) is 0 Å². The Kier molecular flexibility index (Phi) is 8.95.